The molecule has 0 aromatic carbocycles. The molecule has 0 aliphatic heterocycles. The lowest BCUT2D eigenvalue weighted by atomic mass is 10.2. The van der Waals surface area contributed by atoms with Crippen molar-refractivity contribution in [3.8, 4) is 0 Å². The molecule has 0 saturated heterocycles. The monoisotopic (exact) mass is 228 g/mol. The van der Waals surface area contributed by atoms with Crippen molar-refractivity contribution in [3.05, 3.63) is 6.07 Å². The van der Waals surface area contributed by atoms with Gasteiger partial charge in [-0.05, 0) is 31.9 Å². The fraction of sp³-hybridized carbons (Fsp3) is 0.700. The molecule has 1 atom stereocenters. The van der Waals surface area contributed by atoms with Gasteiger partial charge in [-0.2, -0.15) is 4.37 Å². The van der Waals surface area contributed by atoms with Crippen LogP contribution in [0.2, 0.25) is 0 Å². The van der Waals surface area contributed by atoms with Gasteiger partial charge >= 0.3 is 0 Å². The maximum atomic E-state index is 5.53. The molecule has 0 radical (unpaired) electrons. The second-order valence-electron chi connectivity index (χ2n) is 3.78. The third kappa shape index (κ3) is 4.05. The Balaban J connectivity index is 2.21. The Bertz CT molecular complexity index is 287. The molecule has 1 aromatic heterocycles. The zero-order valence-corrected chi connectivity index (χ0v) is 10.5. The van der Waals surface area contributed by atoms with Crippen LogP contribution in [-0.2, 0) is 0 Å². The van der Waals surface area contributed by atoms with Crippen molar-refractivity contribution in [2.75, 3.05) is 31.2 Å². The summed E-state index contributed by atoms with van der Waals surface area (Å²) in [6, 6.07) is 2.51. The smallest absolute Gasteiger partial charge is 0.139 e. The molecule has 0 fully saturated rings. The van der Waals surface area contributed by atoms with Crippen LogP contribution >= 0.6 is 11.5 Å². The van der Waals surface area contributed by atoms with Crippen LogP contribution < -0.4 is 11.1 Å². The highest BCUT2D eigenvalue weighted by Gasteiger charge is 2.05. The number of likely N-dealkylation sites (N-methyl/N-ethyl adjacent to an activating group) is 1. The number of hydrogen-bond acceptors (Lipinski definition) is 5. The Morgan fingerprint density at radius 3 is 2.93 bits per heavy atom. The molecule has 0 aliphatic carbocycles. The Hall–Kier alpha value is -0.810. The summed E-state index contributed by atoms with van der Waals surface area (Å²) < 4.78 is 4.01. The van der Waals surface area contributed by atoms with Crippen LogP contribution in [0.4, 0.5) is 10.8 Å². The number of nitrogens with two attached hydrogens (primary N) is 1. The first kappa shape index (κ1) is 12.3. The molecule has 3 N–H and O–H groups in total. The quantitative estimate of drug-likeness (QED) is 0.780. The second-order valence-corrected chi connectivity index (χ2v) is 4.59. The normalized spacial score (nSPS) is 13.1. The zero-order chi connectivity index (χ0) is 11.3. The van der Waals surface area contributed by atoms with E-state index in [1.807, 2.05) is 6.07 Å². The lowest BCUT2D eigenvalue weighted by Gasteiger charge is -2.23. The van der Waals surface area contributed by atoms with Gasteiger partial charge in [0.15, 0.2) is 0 Å². The number of nitrogen functional groups attached to an aromatic ring is 1. The van der Waals surface area contributed by atoms with E-state index in [1.165, 1.54) is 18.0 Å². The average Bonchev–Trinajstić information content (AvgIpc) is 2.63. The van der Waals surface area contributed by atoms with Crippen LogP contribution in [0.15, 0.2) is 6.07 Å². The fourth-order valence-electron chi connectivity index (χ4n) is 1.26. The minimum atomic E-state index is 0.595. The minimum Gasteiger partial charge on any atom is -0.383 e. The summed E-state index contributed by atoms with van der Waals surface area (Å²) in [7, 11) is 2.15. The zero-order valence-electron chi connectivity index (χ0n) is 9.66. The van der Waals surface area contributed by atoms with Crippen molar-refractivity contribution >= 4 is 22.4 Å². The van der Waals surface area contributed by atoms with Gasteiger partial charge in [-0.1, -0.05) is 6.92 Å². The molecule has 1 rings (SSSR count). The van der Waals surface area contributed by atoms with E-state index in [2.05, 4.69) is 35.5 Å². The average molecular weight is 228 g/mol. The molecule has 0 saturated carbocycles. The Kier molecular flexibility index (Phi) is 4.84. The topological polar surface area (TPSA) is 54.2 Å². The van der Waals surface area contributed by atoms with E-state index >= 15 is 0 Å². The third-order valence-electron chi connectivity index (χ3n) is 2.64. The van der Waals surface area contributed by atoms with Crippen molar-refractivity contribution in [1.82, 2.24) is 9.27 Å². The van der Waals surface area contributed by atoms with Crippen molar-refractivity contribution < 1.29 is 0 Å². The standard InChI is InChI=1S/C10H20N4S/c1-4-8(2)14(3)6-5-12-10-7-9(11)13-15-10/h7-8,12H,4-6H2,1-3H3,(H2,11,13). The number of anilines is 2. The number of aromatic nitrogens is 1. The molecule has 5 heteroatoms. The lowest BCUT2D eigenvalue weighted by molar-refractivity contribution is 0.261. The van der Waals surface area contributed by atoms with E-state index in [0.29, 0.717) is 11.9 Å². The first-order valence-corrected chi connectivity index (χ1v) is 6.07. The minimum absolute atomic E-state index is 0.595. The lowest BCUT2D eigenvalue weighted by Crippen LogP contribution is -2.32. The highest BCUT2D eigenvalue weighted by atomic mass is 32.1. The highest BCUT2D eigenvalue weighted by molar-refractivity contribution is 7.10. The maximum absolute atomic E-state index is 5.53. The van der Waals surface area contributed by atoms with Gasteiger partial charge in [-0.3, -0.25) is 0 Å². The van der Waals surface area contributed by atoms with Crippen LogP contribution in [0, 0.1) is 0 Å². The summed E-state index contributed by atoms with van der Waals surface area (Å²) in [5.41, 5.74) is 5.53. The van der Waals surface area contributed by atoms with Crippen LogP contribution in [-0.4, -0.2) is 35.5 Å². The van der Waals surface area contributed by atoms with E-state index in [1.54, 1.807) is 0 Å². The molecule has 86 valence electrons. The van der Waals surface area contributed by atoms with Crippen LogP contribution in [0.5, 0.6) is 0 Å². The van der Waals surface area contributed by atoms with Crippen LogP contribution in [0.25, 0.3) is 0 Å². The van der Waals surface area contributed by atoms with Gasteiger partial charge < -0.3 is 16.0 Å². The van der Waals surface area contributed by atoms with Gasteiger partial charge in [-0.25, -0.2) is 0 Å². The van der Waals surface area contributed by atoms with Gasteiger partial charge in [0, 0.05) is 25.2 Å². The molecule has 1 aromatic rings. The fourth-order valence-corrected chi connectivity index (χ4v) is 1.86. The van der Waals surface area contributed by atoms with Gasteiger partial charge in [0.05, 0.1) is 0 Å². The molecule has 0 bridgehead atoms. The molecular formula is C10H20N4S. The molecule has 0 amide bonds. The summed E-state index contributed by atoms with van der Waals surface area (Å²) in [6.45, 7) is 6.42. The molecule has 1 unspecified atom stereocenters. The summed E-state index contributed by atoms with van der Waals surface area (Å²) in [6.07, 6.45) is 1.18. The van der Waals surface area contributed by atoms with Gasteiger partial charge in [0.2, 0.25) is 0 Å². The number of hydrogen-bond donors (Lipinski definition) is 2. The molecule has 0 aliphatic rings. The number of rotatable bonds is 6. The predicted molar refractivity (Wildman–Crippen MR) is 67.4 cm³/mol. The molecular weight excluding hydrogens is 208 g/mol. The largest absolute Gasteiger partial charge is 0.383 e. The van der Waals surface area contributed by atoms with Crippen LogP contribution in [0.3, 0.4) is 0 Å². The van der Waals surface area contributed by atoms with Gasteiger partial charge in [0.1, 0.15) is 10.8 Å². The summed E-state index contributed by atoms with van der Waals surface area (Å²) in [4.78, 5) is 2.34. The first-order valence-electron chi connectivity index (χ1n) is 5.29. The number of nitrogens with zero attached hydrogens (tertiary/aromatic N) is 2. The molecule has 1 heterocycles. The Morgan fingerprint density at radius 1 is 1.67 bits per heavy atom. The van der Waals surface area contributed by atoms with E-state index in [0.717, 1.165) is 18.1 Å². The SMILES string of the molecule is CCC(C)N(C)CCNc1cc(N)ns1. The second kappa shape index (κ2) is 5.92. The van der Waals surface area contributed by atoms with E-state index < -0.39 is 0 Å². The number of nitrogens with one attached hydrogen (secondary N) is 1. The summed E-state index contributed by atoms with van der Waals surface area (Å²) in [5, 5.41) is 4.36. The van der Waals surface area contributed by atoms with E-state index in [-0.39, 0.29) is 0 Å². The predicted octanol–water partition coefficient (Wildman–Crippen LogP) is 1.87. The first-order chi connectivity index (χ1) is 7.13. The molecule has 0 spiro atoms. The van der Waals surface area contributed by atoms with E-state index in [9.17, 15) is 0 Å². The van der Waals surface area contributed by atoms with Gasteiger partial charge in [-0.15, -0.1) is 0 Å². The van der Waals surface area contributed by atoms with Crippen molar-refractivity contribution in [2.24, 2.45) is 0 Å². The molecule has 15 heavy (non-hydrogen) atoms. The Labute approximate surface area is 95.6 Å². The third-order valence-corrected chi connectivity index (χ3v) is 3.40. The van der Waals surface area contributed by atoms with Crippen LogP contribution in [0.1, 0.15) is 20.3 Å². The van der Waals surface area contributed by atoms with E-state index in [4.69, 9.17) is 5.73 Å². The maximum Gasteiger partial charge on any atom is 0.139 e. The molecule has 4 nitrogen and oxygen atoms in total. The van der Waals surface area contributed by atoms with Crippen molar-refractivity contribution in [2.45, 2.75) is 26.3 Å². The Morgan fingerprint density at radius 2 is 2.40 bits per heavy atom. The summed E-state index contributed by atoms with van der Waals surface area (Å²) in [5.74, 6) is 0.595. The van der Waals surface area contributed by atoms with Crippen molar-refractivity contribution in [3.63, 3.8) is 0 Å². The highest BCUT2D eigenvalue weighted by Crippen LogP contribution is 2.16. The van der Waals surface area contributed by atoms with Crippen molar-refractivity contribution in [1.29, 1.82) is 0 Å². The summed E-state index contributed by atoms with van der Waals surface area (Å²) >= 11 is 1.41. The van der Waals surface area contributed by atoms with Gasteiger partial charge in [0.25, 0.3) is 0 Å².